The van der Waals surface area contributed by atoms with Gasteiger partial charge in [0.25, 0.3) is 0 Å². The second kappa shape index (κ2) is 7.35. The fourth-order valence-electron chi connectivity index (χ4n) is 2.95. The predicted octanol–water partition coefficient (Wildman–Crippen LogP) is 3.96. The molecule has 0 amide bonds. The molecular weight excluding hydrogens is 288 g/mol. The van der Waals surface area contributed by atoms with Crippen LogP contribution in [0.25, 0.3) is 0 Å². The van der Waals surface area contributed by atoms with Gasteiger partial charge in [0, 0.05) is 5.56 Å². The average Bonchev–Trinajstić information content (AvgIpc) is 2.53. The Bertz CT molecular complexity index is 554. The number of nitrogens with zero attached hydrogens (tertiary/aromatic N) is 1. The Morgan fingerprint density at radius 1 is 1.39 bits per heavy atom. The van der Waals surface area contributed by atoms with Gasteiger partial charge in [0.05, 0.1) is 18.3 Å². The summed E-state index contributed by atoms with van der Waals surface area (Å²) >= 11 is 0. The highest BCUT2D eigenvalue weighted by molar-refractivity contribution is 6.01. The third-order valence-corrected chi connectivity index (χ3v) is 4.49. The summed E-state index contributed by atoms with van der Waals surface area (Å²) in [5.41, 5.74) is 1.45. The van der Waals surface area contributed by atoms with Crippen molar-refractivity contribution in [1.82, 2.24) is 4.90 Å². The van der Waals surface area contributed by atoms with Gasteiger partial charge in [-0.2, -0.15) is 0 Å². The number of hydrogen-bond donors (Lipinski definition) is 1. The topological polar surface area (TPSA) is 41.6 Å². The first kappa shape index (κ1) is 17.8. The Balaban J connectivity index is 2.14. The van der Waals surface area contributed by atoms with Gasteiger partial charge in [0.15, 0.2) is 5.78 Å². The molecule has 1 unspecified atom stereocenters. The zero-order valence-electron chi connectivity index (χ0n) is 15.1. The van der Waals surface area contributed by atoms with Crippen molar-refractivity contribution >= 4 is 11.5 Å². The number of anilines is 1. The minimum Gasteiger partial charge on any atom is -0.484 e. The van der Waals surface area contributed by atoms with Crippen molar-refractivity contribution in [3.63, 3.8) is 0 Å². The molecule has 0 radical (unpaired) electrons. The number of ether oxygens (including phenoxy) is 1. The maximum Gasteiger partial charge on any atom is 0.179 e. The summed E-state index contributed by atoms with van der Waals surface area (Å²) in [4.78, 5) is 15.1. The van der Waals surface area contributed by atoms with E-state index in [9.17, 15) is 4.79 Å². The molecule has 0 bridgehead atoms. The molecule has 128 valence electrons. The highest BCUT2D eigenvalue weighted by Crippen LogP contribution is 2.33. The van der Waals surface area contributed by atoms with Crippen LogP contribution in [-0.4, -0.2) is 42.0 Å². The van der Waals surface area contributed by atoms with Crippen molar-refractivity contribution < 1.29 is 9.53 Å². The molecule has 1 aliphatic heterocycles. The first-order chi connectivity index (χ1) is 10.9. The molecule has 0 saturated carbocycles. The first-order valence-corrected chi connectivity index (χ1v) is 8.73. The van der Waals surface area contributed by atoms with Crippen LogP contribution in [0.3, 0.4) is 0 Å². The zero-order valence-corrected chi connectivity index (χ0v) is 15.1. The van der Waals surface area contributed by atoms with Crippen LogP contribution in [0.2, 0.25) is 0 Å². The number of rotatable bonds is 7. The number of hydrogen-bond acceptors (Lipinski definition) is 4. The third kappa shape index (κ3) is 4.25. The zero-order chi connectivity index (χ0) is 17.0. The second-order valence-electron chi connectivity index (χ2n) is 6.95. The van der Waals surface area contributed by atoms with Gasteiger partial charge in [-0.25, -0.2) is 0 Å². The van der Waals surface area contributed by atoms with E-state index >= 15 is 0 Å². The molecule has 23 heavy (non-hydrogen) atoms. The third-order valence-electron chi connectivity index (χ3n) is 4.49. The van der Waals surface area contributed by atoms with Gasteiger partial charge in [-0.05, 0) is 58.5 Å². The summed E-state index contributed by atoms with van der Waals surface area (Å²) < 4.78 is 5.95. The van der Waals surface area contributed by atoms with Gasteiger partial charge < -0.3 is 10.1 Å². The van der Waals surface area contributed by atoms with Crippen molar-refractivity contribution in [3.8, 4) is 5.75 Å². The molecule has 1 aromatic rings. The van der Waals surface area contributed by atoms with Crippen molar-refractivity contribution in [1.29, 1.82) is 0 Å². The van der Waals surface area contributed by atoms with E-state index in [0.717, 1.165) is 49.5 Å². The Morgan fingerprint density at radius 3 is 2.78 bits per heavy atom. The van der Waals surface area contributed by atoms with Gasteiger partial charge in [-0.1, -0.05) is 20.3 Å². The lowest BCUT2D eigenvalue weighted by Gasteiger charge is -2.34. The number of carbonyl (C=O) groups is 1. The molecular formula is C19H30N2O2. The highest BCUT2D eigenvalue weighted by Gasteiger charge is 2.28. The molecule has 0 spiro atoms. The lowest BCUT2D eigenvalue weighted by atomic mass is 10.0. The Hall–Kier alpha value is -1.55. The standard InChI is InChI=1S/C19H30N2O2/c1-6-8-11-21(7-2)14(3)18(22)15-9-10-17-16(12-15)20-13-19(4,5)23-17/h9-10,12,14,20H,6-8,11,13H2,1-5H3. The number of unbranched alkanes of at least 4 members (excludes halogenated alkanes) is 1. The summed E-state index contributed by atoms with van der Waals surface area (Å²) in [6, 6.07) is 5.63. The number of Topliss-reactive ketones (excluding diaryl/α,β-unsaturated/α-hetero) is 1. The largest absolute Gasteiger partial charge is 0.484 e. The number of likely N-dealkylation sites (N-methyl/N-ethyl adjacent to an activating group) is 1. The predicted molar refractivity (Wildman–Crippen MR) is 95.6 cm³/mol. The first-order valence-electron chi connectivity index (χ1n) is 8.73. The van der Waals surface area contributed by atoms with E-state index in [1.807, 2.05) is 25.1 Å². The Kier molecular flexibility index (Phi) is 5.69. The SMILES string of the molecule is CCCCN(CC)C(C)C(=O)c1ccc2c(c1)NCC(C)(C)O2. The van der Waals surface area contributed by atoms with E-state index in [4.69, 9.17) is 4.74 Å². The maximum atomic E-state index is 12.8. The highest BCUT2D eigenvalue weighted by atomic mass is 16.5. The fourth-order valence-corrected chi connectivity index (χ4v) is 2.95. The van der Waals surface area contributed by atoms with Crippen LogP contribution in [-0.2, 0) is 0 Å². The Morgan fingerprint density at radius 2 is 2.13 bits per heavy atom. The van der Waals surface area contributed by atoms with Crippen LogP contribution < -0.4 is 10.1 Å². The van der Waals surface area contributed by atoms with E-state index < -0.39 is 0 Å². The number of fused-ring (bicyclic) bond motifs is 1. The normalized spacial score (nSPS) is 17.1. The van der Waals surface area contributed by atoms with Gasteiger partial charge >= 0.3 is 0 Å². The molecule has 0 aromatic heterocycles. The minimum absolute atomic E-state index is 0.0921. The quantitative estimate of drug-likeness (QED) is 0.773. The van der Waals surface area contributed by atoms with Crippen LogP contribution in [0.5, 0.6) is 5.75 Å². The van der Waals surface area contributed by atoms with E-state index in [2.05, 4.69) is 37.9 Å². The number of nitrogens with one attached hydrogen (secondary N) is 1. The van der Waals surface area contributed by atoms with Crippen molar-refractivity contribution in [2.75, 3.05) is 25.0 Å². The fraction of sp³-hybridized carbons (Fsp3) is 0.632. The molecule has 1 aromatic carbocycles. The van der Waals surface area contributed by atoms with E-state index in [0.29, 0.717) is 0 Å². The van der Waals surface area contributed by atoms with Crippen molar-refractivity contribution in [2.24, 2.45) is 0 Å². The second-order valence-corrected chi connectivity index (χ2v) is 6.95. The monoisotopic (exact) mass is 318 g/mol. The summed E-state index contributed by atoms with van der Waals surface area (Å²) in [5.74, 6) is 1.00. The van der Waals surface area contributed by atoms with Crippen LogP contribution >= 0.6 is 0 Å². The lowest BCUT2D eigenvalue weighted by Crippen LogP contribution is -2.41. The minimum atomic E-state index is -0.217. The van der Waals surface area contributed by atoms with Crippen LogP contribution in [0.1, 0.15) is 57.8 Å². The average molecular weight is 318 g/mol. The van der Waals surface area contributed by atoms with Crippen LogP contribution in [0.4, 0.5) is 5.69 Å². The molecule has 2 rings (SSSR count). The molecule has 1 aliphatic rings. The molecule has 0 saturated heterocycles. The van der Waals surface area contributed by atoms with E-state index in [1.54, 1.807) is 0 Å². The summed E-state index contributed by atoms with van der Waals surface area (Å²) in [6.07, 6.45) is 2.27. The molecule has 4 heteroatoms. The summed E-state index contributed by atoms with van der Waals surface area (Å²) in [6.45, 7) is 13.0. The molecule has 0 aliphatic carbocycles. The molecule has 1 N–H and O–H groups in total. The Labute approximate surface area is 140 Å². The van der Waals surface area contributed by atoms with Gasteiger partial charge in [0.2, 0.25) is 0 Å². The van der Waals surface area contributed by atoms with E-state index in [-0.39, 0.29) is 17.4 Å². The smallest absolute Gasteiger partial charge is 0.179 e. The van der Waals surface area contributed by atoms with Gasteiger partial charge in [0.1, 0.15) is 11.4 Å². The van der Waals surface area contributed by atoms with Gasteiger partial charge in [-0.15, -0.1) is 0 Å². The molecule has 0 fully saturated rings. The van der Waals surface area contributed by atoms with Crippen molar-refractivity contribution in [2.45, 2.75) is 59.1 Å². The van der Waals surface area contributed by atoms with Crippen LogP contribution in [0, 0.1) is 0 Å². The molecule has 4 nitrogen and oxygen atoms in total. The number of carbonyl (C=O) groups excluding carboxylic acids is 1. The van der Waals surface area contributed by atoms with Gasteiger partial charge in [-0.3, -0.25) is 9.69 Å². The van der Waals surface area contributed by atoms with Crippen LogP contribution in [0.15, 0.2) is 18.2 Å². The molecule has 1 atom stereocenters. The summed E-state index contributed by atoms with van der Waals surface area (Å²) in [7, 11) is 0. The van der Waals surface area contributed by atoms with Crippen molar-refractivity contribution in [3.05, 3.63) is 23.8 Å². The number of ketones is 1. The lowest BCUT2D eigenvalue weighted by molar-refractivity contribution is 0.0842. The number of benzene rings is 1. The molecule has 1 heterocycles. The maximum absolute atomic E-state index is 12.8. The van der Waals surface area contributed by atoms with E-state index in [1.165, 1.54) is 0 Å². The summed E-state index contributed by atoms with van der Waals surface area (Å²) in [5, 5.41) is 3.37.